The second kappa shape index (κ2) is 16.0. The number of carboxylic acids is 2. The van der Waals surface area contributed by atoms with Gasteiger partial charge in [0.15, 0.2) is 0 Å². The first kappa shape index (κ1) is 27.3. The van der Waals surface area contributed by atoms with Crippen LogP contribution in [0.5, 0.6) is 0 Å². The Morgan fingerprint density at radius 2 is 1.10 bits per heavy atom. The number of hydrogen-bond acceptors (Lipinski definition) is 7. The number of hydrogen-bond donors (Lipinski definition) is 3. The third-order valence-corrected chi connectivity index (χ3v) is 5.56. The zero-order valence-corrected chi connectivity index (χ0v) is 19.2. The highest BCUT2D eigenvalue weighted by molar-refractivity contribution is 5.78. The molecule has 31 heavy (non-hydrogen) atoms. The molecule has 0 aliphatic carbocycles. The minimum absolute atomic E-state index is 0.00339. The second-order valence-corrected chi connectivity index (χ2v) is 8.11. The Kier molecular flexibility index (Phi) is 14.1. The summed E-state index contributed by atoms with van der Waals surface area (Å²) in [5.74, 6) is -1.78. The SMILES string of the molecule is CCCCCNC(=O)CN1CCN(CC)CCN(CC(=O)O)CCN(CC(=O)O)CC1. The van der Waals surface area contributed by atoms with Crippen molar-refractivity contribution in [2.24, 2.45) is 0 Å². The molecule has 1 heterocycles. The van der Waals surface area contributed by atoms with Crippen LogP contribution in [0.1, 0.15) is 33.1 Å². The van der Waals surface area contributed by atoms with E-state index >= 15 is 0 Å². The van der Waals surface area contributed by atoms with Gasteiger partial charge in [-0.3, -0.25) is 29.1 Å². The largest absolute Gasteiger partial charge is 0.480 e. The number of nitrogens with zero attached hydrogens (tertiary/aromatic N) is 4. The molecule has 3 N–H and O–H groups in total. The minimum atomic E-state index is -0.908. The van der Waals surface area contributed by atoms with Crippen LogP contribution in [0.15, 0.2) is 0 Å². The van der Waals surface area contributed by atoms with E-state index < -0.39 is 11.9 Å². The summed E-state index contributed by atoms with van der Waals surface area (Å²) in [7, 11) is 0. The molecular formula is C21H41N5O5. The molecule has 1 rings (SSSR count). The highest BCUT2D eigenvalue weighted by Gasteiger charge is 2.19. The topological polar surface area (TPSA) is 117 Å². The summed E-state index contributed by atoms with van der Waals surface area (Å²) in [4.78, 5) is 42.9. The molecule has 1 aliphatic heterocycles. The fourth-order valence-corrected chi connectivity index (χ4v) is 3.61. The first-order chi connectivity index (χ1) is 14.8. The van der Waals surface area contributed by atoms with Gasteiger partial charge in [-0.25, -0.2) is 0 Å². The molecule has 0 aromatic carbocycles. The number of aliphatic carboxylic acids is 2. The fourth-order valence-electron chi connectivity index (χ4n) is 3.61. The van der Waals surface area contributed by atoms with E-state index in [0.29, 0.717) is 52.4 Å². The third kappa shape index (κ3) is 13.3. The molecule has 10 heteroatoms. The molecule has 0 aromatic rings. The molecular weight excluding hydrogens is 402 g/mol. The Labute approximate surface area is 186 Å². The molecule has 0 radical (unpaired) electrons. The molecule has 0 unspecified atom stereocenters. The van der Waals surface area contributed by atoms with Crippen LogP contribution in [0, 0.1) is 0 Å². The summed E-state index contributed by atoms with van der Waals surface area (Å²) in [5.41, 5.74) is 0. The Morgan fingerprint density at radius 1 is 0.677 bits per heavy atom. The highest BCUT2D eigenvalue weighted by Crippen LogP contribution is 2.01. The minimum Gasteiger partial charge on any atom is -0.480 e. The van der Waals surface area contributed by atoms with Crippen molar-refractivity contribution in [3.05, 3.63) is 0 Å². The van der Waals surface area contributed by atoms with Crippen molar-refractivity contribution in [3.63, 3.8) is 0 Å². The van der Waals surface area contributed by atoms with E-state index in [-0.39, 0.29) is 19.0 Å². The lowest BCUT2D eigenvalue weighted by Crippen LogP contribution is -2.49. The molecule has 0 atom stereocenters. The van der Waals surface area contributed by atoms with Gasteiger partial charge in [-0.2, -0.15) is 0 Å². The van der Waals surface area contributed by atoms with Crippen LogP contribution in [0.4, 0.5) is 0 Å². The number of carbonyl (C=O) groups excluding carboxylic acids is 1. The Bertz CT molecular complexity index is 548. The van der Waals surface area contributed by atoms with Crippen molar-refractivity contribution >= 4 is 17.8 Å². The van der Waals surface area contributed by atoms with Crippen LogP contribution >= 0.6 is 0 Å². The molecule has 10 nitrogen and oxygen atoms in total. The van der Waals surface area contributed by atoms with Gasteiger partial charge in [0, 0.05) is 58.9 Å². The number of unbranched alkanes of at least 4 members (excludes halogenated alkanes) is 2. The van der Waals surface area contributed by atoms with Crippen LogP contribution < -0.4 is 5.32 Å². The second-order valence-electron chi connectivity index (χ2n) is 8.11. The molecule has 0 aromatic heterocycles. The number of amides is 1. The van der Waals surface area contributed by atoms with Gasteiger partial charge in [0.25, 0.3) is 0 Å². The lowest BCUT2D eigenvalue weighted by Gasteiger charge is -2.33. The van der Waals surface area contributed by atoms with E-state index in [1.807, 2.05) is 9.80 Å². The number of nitrogens with one attached hydrogen (secondary N) is 1. The zero-order valence-electron chi connectivity index (χ0n) is 19.2. The first-order valence-corrected chi connectivity index (χ1v) is 11.4. The number of carbonyl (C=O) groups is 3. The average Bonchev–Trinajstić information content (AvgIpc) is 2.70. The summed E-state index contributed by atoms with van der Waals surface area (Å²) in [6.07, 6.45) is 3.18. The Morgan fingerprint density at radius 3 is 1.48 bits per heavy atom. The summed E-state index contributed by atoms with van der Waals surface area (Å²) in [5, 5.41) is 21.4. The van der Waals surface area contributed by atoms with Crippen molar-refractivity contribution in [1.82, 2.24) is 24.9 Å². The molecule has 1 fully saturated rings. The molecule has 1 saturated heterocycles. The number of carboxylic acid groups (broad SMARTS) is 2. The summed E-state index contributed by atoms with van der Waals surface area (Å²) < 4.78 is 0. The third-order valence-electron chi connectivity index (χ3n) is 5.56. The van der Waals surface area contributed by atoms with Crippen LogP contribution in [0.25, 0.3) is 0 Å². The highest BCUT2D eigenvalue weighted by atomic mass is 16.4. The van der Waals surface area contributed by atoms with Crippen LogP contribution in [-0.2, 0) is 14.4 Å². The standard InChI is InChI=1S/C21H41N5O5/c1-3-5-6-7-22-19(27)16-24-10-8-23(4-2)9-11-25(17-20(28)29)14-15-26(13-12-24)18-21(30)31/h3-18H2,1-2H3,(H,22,27)(H,28,29)(H,30,31). The van der Waals surface area contributed by atoms with Gasteiger partial charge in [-0.1, -0.05) is 26.7 Å². The number of likely N-dealkylation sites (N-methyl/N-ethyl adjacent to an activating group) is 1. The lowest BCUT2D eigenvalue weighted by atomic mass is 10.2. The van der Waals surface area contributed by atoms with Crippen molar-refractivity contribution < 1.29 is 24.6 Å². The summed E-state index contributed by atoms with van der Waals surface area (Å²) in [6, 6.07) is 0. The Balaban J connectivity index is 2.75. The van der Waals surface area contributed by atoms with Gasteiger partial charge in [-0.05, 0) is 13.0 Å². The predicted octanol–water partition coefficient (Wildman–Crippen LogP) is -0.296. The van der Waals surface area contributed by atoms with E-state index in [1.165, 1.54) is 0 Å². The van der Waals surface area contributed by atoms with Gasteiger partial charge in [0.1, 0.15) is 0 Å². The van der Waals surface area contributed by atoms with Gasteiger partial charge >= 0.3 is 11.9 Å². The molecule has 180 valence electrons. The van der Waals surface area contributed by atoms with Crippen LogP contribution in [-0.4, -0.2) is 133 Å². The van der Waals surface area contributed by atoms with Crippen molar-refractivity contribution in [2.45, 2.75) is 33.1 Å². The van der Waals surface area contributed by atoms with Gasteiger partial charge in [0.2, 0.25) is 5.91 Å². The monoisotopic (exact) mass is 443 g/mol. The van der Waals surface area contributed by atoms with Crippen molar-refractivity contribution in [2.75, 3.05) is 85.1 Å². The molecule has 0 spiro atoms. The van der Waals surface area contributed by atoms with E-state index in [2.05, 4.69) is 29.0 Å². The summed E-state index contributed by atoms with van der Waals surface area (Å²) >= 11 is 0. The van der Waals surface area contributed by atoms with E-state index in [1.54, 1.807) is 0 Å². The quantitative estimate of drug-likeness (QED) is 0.370. The molecule has 0 bridgehead atoms. The fraction of sp³-hybridized carbons (Fsp3) is 0.857. The maximum Gasteiger partial charge on any atom is 0.317 e. The first-order valence-electron chi connectivity index (χ1n) is 11.4. The normalized spacial score (nSPS) is 18.8. The predicted molar refractivity (Wildman–Crippen MR) is 119 cm³/mol. The van der Waals surface area contributed by atoms with Crippen molar-refractivity contribution in [3.8, 4) is 0 Å². The average molecular weight is 444 g/mol. The maximum atomic E-state index is 12.4. The van der Waals surface area contributed by atoms with E-state index in [4.69, 9.17) is 0 Å². The van der Waals surface area contributed by atoms with Crippen molar-refractivity contribution in [1.29, 1.82) is 0 Å². The molecule has 1 amide bonds. The van der Waals surface area contributed by atoms with E-state index in [9.17, 15) is 24.6 Å². The van der Waals surface area contributed by atoms with E-state index in [0.717, 1.165) is 38.9 Å². The lowest BCUT2D eigenvalue weighted by molar-refractivity contribution is -0.140. The maximum absolute atomic E-state index is 12.4. The van der Waals surface area contributed by atoms with Crippen LogP contribution in [0.2, 0.25) is 0 Å². The zero-order chi connectivity index (χ0) is 23.1. The van der Waals surface area contributed by atoms with Crippen LogP contribution in [0.3, 0.4) is 0 Å². The molecule has 0 saturated carbocycles. The summed E-state index contributed by atoms with van der Waals surface area (Å²) in [6.45, 7) is 10.8. The van der Waals surface area contributed by atoms with Gasteiger partial charge in [-0.15, -0.1) is 0 Å². The molecule has 1 aliphatic rings. The smallest absolute Gasteiger partial charge is 0.317 e. The number of rotatable bonds is 11. The van der Waals surface area contributed by atoms with Gasteiger partial charge < -0.3 is 20.4 Å². The van der Waals surface area contributed by atoms with Gasteiger partial charge in [0.05, 0.1) is 19.6 Å². The Hall–Kier alpha value is -1.75.